The van der Waals surface area contributed by atoms with Gasteiger partial charge in [0.2, 0.25) is 0 Å². The topological polar surface area (TPSA) is 158 Å². The molecule has 10 nitrogen and oxygen atoms in total. The van der Waals surface area contributed by atoms with Crippen LogP contribution in [0.1, 0.15) is 0 Å². The van der Waals surface area contributed by atoms with Gasteiger partial charge in [-0.3, -0.25) is 14.5 Å². The molecule has 0 radical (unpaired) electrons. The van der Waals surface area contributed by atoms with Crippen LogP contribution in [-0.4, -0.2) is 25.9 Å². The summed E-state index contributed by atoms with van der Waals surface area (Å²) in [7, 11) is -8.83. The first-order valence-electron chi connectivity index (χ1n) is 8.31. The summed E-state index contributed by atoms with van der Waals surface area (Å²) in [6, 6.07) is 18.4. The standard InChI is InChI=1S/C18H16N4O6S2/c23-29(24,25)16-9-7-15(8-10-16)19-21-22-20-17-11-6-14(12-18(17)30(26,27)28)13-4-2-1-3-5-13/h1-12H,(H,19,22)(H,20,21)(H,23,24,25)(H,26,27,28). The lowest BCUT2D eigenvalue weighted by Crippen LogP contribution is -2.16. The Morgan fingerprint density at radius 1 is 0.733 bits per heavy atom. The van der Waals surface area contributed by atoms with Crippen LogP contribution >= 0.6 is 0 Å². The lowest BCUT2D eigenvalue weighted by Gasteiger charge is -2.11. The summed E-state index contributed by atoms with van der Waals surface area (Å²) in [5, 5.41) is 7.37. The fourth-order valence-electron chi connectivity index (χ4n) is 2.50. The average Bonchev–Trinajstić information content (AvgIpc) is 2.71. The second-order valence-corrected chi connectivity index (χ2v) is 8.77. The number of nitrogens with zero attached hydrogens (tertiary/aromatic N) is 2. The summed E-state index contributed by atoms with van der Waals surface area (Å²) >= 11 is 0. The molecule has 0 unspecified atom stereocenters. The largest absolute Gasteiger partial charge is 0.296 e. The van der Waals surface area contributed by atoms with E-state index in [1.54, 1.807) is 30.3 Å². The Kier molecular flexibility index (Phi) is 6.12. The van der Waals surface area contributed by atoms with E-state index >= 15 is 0 Å². The van der Waals surface area contributed by atoms with Gasteiger partial charge in [-0.1, -0.05) is 41.6 Å². The Hall–Kier alpha value is -3.32. The molecular weight excluding hydrogens is 432 g/mol. The SMILES string of the molecule is O=S(=O)(O)c1ccc(N=NNNc2ccc(-c3ccccc3)cc2S(=O)(=O)O)cc1. The summed E-state index contributed by atoms with van der Waals surface area (Å²) in [6.45, 7) is 0. The van der Waals surface area contributed by atoms with E-state index in [0.29, 0.717) is 5.56 Å². The molecule has 156 valence electrons. The third kappa shape index (κ3) is 5.39. The molecule has 12 heteroatoms. The van der Waals surface area contributed by atoms with Gasteiger partial charge in [0.25, 0.3) is 20.2 Å². The predicted octanol–water partition coefficient (Wildman–Crippen LogP) is 3.46. The zero-order valence-electron chi connectivity index (χ0n) is 15.2. The van der Waals surface area contributed by atoms with E-state index in [2.05, 4.69) is 21.3 Å². The Bertz CT molecular complexity index is 1280. The van der Waals surface area contributed by atoms with Crippen molar-refractivity contribution < 1.29 is 25.9 Å². The summed E-state index contributed by atoms with van der Waals surface area (Å²) < 4.78 is 64.0. The van der Waals surface area contributed by atoms with E-state index in [-0.39, 0.29) is 21.2 Å². The van der Waals surface area contributed by atoms with Crippen molar-refractivity contribution in [3.05, 3.63) is 72.8 Å². The predicted molar refractivity (Wildman–Crippen MR) is 109 cm³/mol. The van der Waals surface area contributed by atoms with E-state index in [4.69, 9.17) is 4.55 Å². The highest BCUT2D eigenvalue weighted by Gasteiger charge is 2.17. The van der Waals surface area contributed by atoms with Gasteiger partial charge in [-0.15, -0.1) is 5.11 Å². The van der Waals surface area contributed by atoms with Gasteiger partial charge in [-0.05, 0) is 47.5 Å². The van der Waals surface area contributed by atoms with Crippen LogP contribution in [0.25, 0.3) is 11.1 Å². The molecule has 0 aromatic heterocycles. The van der Waals surface area contributed by atoms with Gasteiger partial charge >= 0.3 is 0 Å². The van der Waals surface area contributed by atoms with Gasteiger partial charge in [0.1, 0.15) is 4.90 Å². The maximum Gasteiger partial charge on any atom is 0.296 e. The second kappa shape index (κ2) is 8.59. The normalized spacial score (nSPS) is 12.1. The highest BCUT2D eigenvalue weighted by molar-refractivity contribution is 7.86. The first-order valence-corrected chi connectivity index (χ1v) is 11.2. The fraction of sp³-hybridized carbons (Fsp3) is 0. The third-order valence-electron chi connectivity index (χ3n) is 3.91. The van der Waals surface area contributed by atoms with Crippen LogP contribution in [0.2, 0.25) is 0 Å². The smallest absolute Gasteiger partial charge is 0.282 e. The molecule has 0 atom stereocenters. The maximum atomic E-state index is 11.8. The lowest BCUT2D eigenvalue weighted by molar-refractivity contribution is 0.481. The first kappa shape index (κ1) is 21.4. The van der Waals surface area contributed by atoms with Crippen molar-refractivity contribution in [3.8, 4) is 11.1 Å². The van der Waals surface area contributed by atoms with Gasteiger partial charge in [-0.25, -0.2) is 5.53 Å². The summed E-state index contributed by atoms with van der Waals surface area (Å²) in [4.78, 5) is -0.645. The second-order valence-electron chi connectivity index (χ2n) is 5.96. The molecular formula is C18H16N4O6S2. The molecule has 0 heterocycles. The number of anilines is 1. The van der Waals surface area contributed by atoms with Gasteiger partial charge < -0.3 is 0 Å². The number of benzene rings is 3. The Labute approximate surface area is 172 Å². The van der Waals surface area contributed by atoms with Crippen molar-refractivity contribution in [1.82, 2.24) is 5.53 Å². The summed E-state index contributed by atoms with van der Waals surface area (Å²) in [5.74, 6) is 0. The molecule has 3 rings (SSSR count). The molecule has 0 fully saturated rings. The van der Waals surface area contributed by atoms with Crippen molar-refractivity contribution in [1.29, 1.82) is 0 Å². The minimum Gasteiger partial charge on any atom is -0.282 e. The minimum atomic E-state index is -4.53. The molecule has 0 amide bonds. The molecule has 4 N–H and O–H groups in total. The van der Waals surface area contributed by atoms with E-state index in [1.807, 2.05) is 6.07 Å². The molecule has 0 aliphatic carbocycles. The Balaban J connectivity index is 1.75. The van der Waals surface area contributed by atoms with Crippen LogP contribution in [0, 0.1) is 0 Å². The monoisotopic (exact) mass is 448 g/mol. The zero-order chi connectivity index (χ0) is 21.8. The van der Waals surface area contributed by atoms with Crippen LogP contribution in [-0.2, 0) is 20.2 Å². The zero-order valence-corrected chi connectivity index (χ0v) is 16.8. The van der Waals surface area contributed by atoms with Crippen LogP contribution in [0.4, 0.5) is 11.4 Å². The Morgan fingerprint density at radius 3 is 2.00 bits per heavy atom. The number of nitrogens with one attached hydrogen (secondary N) is 2. The van der Waals surface area contributed by atoms with E-state index in [0.717, 1.165) is 17.7 Å². The van der Waals surface area contributed by atoms with E-state index < -0.39 is 20.2 Å². The molecule has 30 heavy (non-hydrogen) atoms. The third-order valence-corrected chi connectivity index (χ3v) is 5.67. The van der Waals surface area contributed by atoms with Crippen LogP contribution in [0.3, 0.4) is 0 Å². The Morgan fingerprint density at radius 2 is 1.40 bits per heavy atom. The molecule has 0 spiro atoms. The average molecular weight is 448 g/mol. The highest BCUT2D eigenvalue weighted by atomic mass is 32.2. The molecule has 3 aromatic rings. The van der Waals surface area contributed by atoms with Crippen molar-refractivity contribution in [2.45, 2.75) is 9.79 Å². The van der Waals surface area contributed by atoms with Gasteiger partial charge in [0.15, 0.2) is 0 Å². The van der Waals surface area contributed by atoms with Gasteiger partial charge in [0.05, 0.1) is 16.3 Å². The van der Waals surface area contributed by atoms with Crippen molar-refractivity contribution in [2.75, 3.05) is 5.43 Å². The lowest BCUT2D eigenvalue weighted by atomic mass is 10.1. The quantitative estimate of drug-likeness (QED) is 0.243. The summed E-state index contributed by atoms with van der Waals surface area (Å²) in [5.41, 5.74) is 6.53. The molecule has 0 aliphatic heterocycles. The van der Waals surface area contributed by atoms with Gasteiger partial charge in [-0.2, -0.15) is 16.8 Å². The van der Waals surface area contributed by atoms with Crippen molar-refractivity contribution in [3.63, 3.8) is 0 Å². The van der Waals surface area contributed by atoms with Crippen molar-refractivity contribution in [2.24, 2.45) is 10.3 Å². The van der Waals surface area contributed by atoms with E-state index in [9.17, 15) is 21.4 Å². The highest BCUT2D eigenvalue weighted by Crippen LogP contribution is 2.28. The molecule has 0 aliphatic rings. The number of rotatable bonds is 7. The van der Waals surface area contributed by atoms with Crippen LogP contribution < -0.4 is 11.0 Å². The fourth-order valence-corrected chi connectivity index (χ4v) is 3.65. The number of hydrogen-bond acceptors (Lipinski definition) is 7. The number of hydrogen-bond donors (Lipinski definition) is 4. The van der Waals surface area contributed by atoms with E-state index in [1.165, 1.54) is 24.3 Å². The molecule has 0 saturated carbocycles. The van der Waals surface area contributed by atoms with Crippen LogP contribution in [0.15, 0.2) is 92.9 Å². The van der Waals surface area contributed by atoms with Gasteiger partial charge in [0, 0.05) is 0 Å². The molecule has 3 aromatic carbocycles. The molecule has 0 bridgehead atoms. The first-order chi connectivity index (χ1) is 14.1. The maximum absolute atomic E-state index is 11.8. The van der Waals surface area contributed by atoms with Crippen molar-refractivity contribution >= 4 is 31.6 Å². The molecule has 0 saturated heterocycles. The summed E-state index contributed by atoms with van der Waals surface area (Å²) in [6.07, 6.45) is 0. The minimum absolute atomic E-state index is 0.0397. The number of hydrazine groups is 1. The van der Waals surface area contributed by atoms with Crippen LogP contribution in [0.5, 0.6) is 0 Å².